The van der Waals surface area contributed by atoms with E-state index in [1.54, 1.807) is 0 Å². The Morgan fingerprint density at radius 2 is 1.97 bits per heavy atom. The number of hydrogen-bond acceptors (Lipinski definition) is 5. The summed E-state index contributed by atoms with van der Waals surface area (Å²) >= 11 is 0. The second-order valence-corrected chi connectivity index (χ2v) is 7.46. The Bertz CT molecular complexity index is 1040. The lowest BCUT2D eigenvalue weighted by Crippen LogP contribution is -2.37. The normalized spacial score (nSPS) is 15.2. The smallest absolute Gasteiger partial charge is 0.247 e. The number of rotatable bonds is 5. The van der Waals surface area contributed by atoms with Crippen molar-refractivity contribution in [3.8, 4) is 11.1 Å². The van der Waals surface area contributed by atoms with Crippen LogP contribution in [0.25, 0.3) is 22.0 Å². The Hall–Kier alpha value is -3.25. The quantitative estimate of drug-likeness (QED) is 0.649. The molecular formula is C23H25N5O. The molecule has 1 aliphatic rings. The van der Waals surface area contributed by atoms with Crippen molar-refractivity contribution in [1.82, 2.24) is 14.9 Å². The number of nitrogens with one attached hydrogen (secondary N) is 2. The van der Waals surface area contributed by atoms with Crippen LogP contribution in [0.5, 0.6) is 0 Å². The minimum atomic E-state index is -0.224. The van der Waals surface area contributed by atoms with Gasteiger partial charge in [0.1, 0.15) is 0 Å². The van der Waals surface area contributed by atoms with Crippen LogP contribution in [-0.4, -0.2) is 47.0 Å². The molecule has 6 heteroatoms. The molecule has 0 spiro atoms. The molecule has 1 amide bonds. The minimum absolute atomic E-state index is 0.224. The largest absolute Gasteiger partial charge is 0.351 e. The number of nitrogens with zero attached hydrogens (tertiary/aromatic N) is 3. The van der Waals surface area contributed by atoms with Crippen LogP contribution in [0.1, 0.15) is 12.8 Å². The lowest BCUT2D eigenvalue weighted by molar-refractivity contribution is -0.111. The van der Waals surface area contributed by atoms with E-state index in [9.17, 15) is 4.79 Å². The number of benzene rings is 2. The third-order valence-electron chi connectivity index (χ3n) is 5.28. The van der Waals surface area contributed by atoms with Crippen molar-refractivity contribution >= 4 is 28.4 Å². The van der Waals surface area contributed by atoms with Crippen LogP contribution >= 0.6 is 0 Å². The standard InChI is InChI=1S/C23H25N5O/c1-3-22(29)25-20-6-4-5-16(13-20)17-7-8-18-15-24-23(27-21(18)14-17)26-19-9-11-28(2)12-10-19/h3-8,13-15,19H,1,9-12H2,2H3,(H,25,29)(H,24,26,27). The molecular weight excluding hydrogens is 362 g/mol. The Balaban J connectivity index is 1.57. The Morgan fingerprint density at radius 3 is 2.76 bits per heavy atom. The molecule has 2 aromatic carbocycles. The van der Waals surface area contributed by atoms with E-state index >= 15 is 0 Å². The number of fused-ring (bicyclic) bond motifs is 1. The van der Waals surface area contributed by atoms with Crippen molar-refractivity contribution in [2.45, 2.75) is 18.9 Å². The number of carbonyl (C=O) groups excluding carboxylic acids is 1. The molecule has 0 unspecified atom stereocenters. The first-order valence-electron chi connectivity index (χ1n) is 9.86. The van der Waals surface area contributed by atoms with E-state index in [2.05, 4.69) is 40.2 Å². The fraction of sp³-hybridized carbons (Fsp3) is 0.261. The molecule has 1 aromatic heterocycles. The summed E-state index contributed by atoms with van der Waals surface area (Å²) in [4.78, 5) is 23.1. The zero-order chi connectivity index (χ0) is 20.2. The van der Waals surface area contributed by atoms with Crippen molar-refractivity contribution < 1.29 is 4.79 Å². The first kappa shape index (κ1) is 19.1. The van der Waals surface area contributed by atoms with Crippen molar-refractivity contribution in [2.75, 3.05) is 30.8 Å². The van der Waals surface area contributed by atoms with Gasteiger partial charge in [-0.15, -0.1) is 0 Å². The SMILES string of the molecule is C=CC(=O)Nc1cccc(-c2ccc3cnc(NC4CCN(C)CC4)nc3c2)c1. The number of amides is 1. The van der Waals surface area contributed by atoms with Gasteiger partial charge in [0.2, 0.25) is 11.9 Å². The molecule has 0 atom stereocenters. The molecule has 148 valence electrons. The summed E-state index contributed by atoms with van der Waals surface area (Å²) in [5, 5.41) is 7.28. The fourth-order valence-corrected chi connectivity index (χ4v) is 3.58. The zero-order valence-electron chi connectivity index (χ0n) is 16.6. The van der Waals surface area contributed by atoms with Crippen molar-refractivity contribution in [1.29, 1.82) is 0 Å². The molecule has 4 rings (SSSR count). The van der Waals surface area contributed by atoms with Crippen LogP contribution in [0, 0.1) is 0 Å². The van der Waals surface area contributed by atoms with Gasteiger partial charge in [-0.25, -0.2) is 9.97 Å². The maximum atomic E-state index is 11.6. The maximum absolute atomic E-state index is 11.6. The summed E-state index contributed by atoms with van der Waals surface area (Å²) in [5.74, 6) is 0.453. The highest BCUT2D eigenvalue weighted by Crippen LogP contribution is 2.26. The second-order valence-electron chi connectivity index (χ2n) is 7.46. The summed E-state index contributed by atoms with van der Waals surface area (Å²) in [6.45, 7) is 5.67. The second kappa shape index (κ2) is 8.41. The molecule has 6 nitrogen and oxygen atoms in total. The number of carbonyl (C=O) groups is 1. The van der Waals surface area contributed by atoms with Gasteiger partial charge in [-0.05, 0) is 68.4 Å². The van der Waals surface area contributed by atoms with E-state index in [1.807, 2.05) is 42.6 Å². The molecule has 1 fully saturated rings. The third kappa shape index (κ3) is 4.60. The molecule has 1 aliphatic heterocycles. The van der Waals surface area contributed by atoms with Crippen LogP contribution < -0.4 is 10.6 Å². The monoisotopic (exact) mass is 387 g/mol. The Morgan fingerprint density at radius 1 is 1.17 bits per heavy atom. The molecule has 2 heterocycles. The predicted molar refractivity (Wildman–Crippen MR) is 118 cm³/mol. The predicted octanol–water partition coefficient (Wildman–Crippen LogP) is 3.93. The topological polar surface area (TPSA) is 70.2 Å². The first-order valence-corrected chi connectivity index (χ1v) is 9.86. The van der Waals surface area contributed by atoms with E-state index in [-0.39, 0.29) is 5.91 Å². The van der Waals surface area contributed by atoms with Crippen molar-refractivity contribution in [2.24, 2.45) is 0 Å². The summed E-state index contributed by atoms with van der Waals surface area (Å²) in [5.41, 5.74) is 3.68. The van der Waals surface area contributed by atoms with Crippen LogP contribution in [0.2, 0.25) is 0 Å². The van der Waals surface area contributed by atoms with Crippen LogP contribution in [0.3, 0.4) is 0 Å². The molecule has 0 bridgehead atoms. The van der Waals surface area contributed by atoms with E-state index in [4.69, 9.17) is 4.98 Å². The Labute approximate surface area is 170 Å². The highest BCUT2D eigenvalue weighted by Gasteiger charge is 2.17. The van der Waals surface area contributed by atoms with Crippen molar-refractivity contribution in [3.05, 3.63) is 61.3 Å². The van der Waals surface area contributed by atoms with Gasteiger partial charge in [-0.3, -0.25) is 4.79 Å². The van der Waals surface area contributed by atoms with Gasteiger partial charge >= 0.3 is 0 Å². The third-order valence-corrected chi connectivity index (χ3v) is 5.28. The van der Waals surface area contributed by atoms with E-state index in [1.165, 1.54) is 6.08 Å². The molecule has 1 saturated heterocycles. The Kier molecular flexibility index (Phi) is 5.53. The van der Waals surface area contributed by atoms with Gasteiger partial charge in [-0.2, -0.15) is 0 Å². The van der Waals surface area contributed by atoms with E-state index < -0.39 is 0 Å². The van der Waals surface area contributed by atoms with Gasteiger partial charge in [0.25, 0.3) is 0 Å². The highest BCUT2D eigenvalue weighted by molar-refractivity contribution is 5.99. The number of likely N-dealkylation sites (tertiary alicyclic amines) is 1. The fourth-order valence-electron chi connectivity index (χ4n) is 3.58. The molecule has 2 N–H and O–H groups in total. The molecule has 0 radical (unpaired) electrons. The highest BCUT2D eigenvalue weighted by atomic mass is 16.1. The lowest BCUT2D eigenvalue weighted by Gasteiger charge is -2.29. The molecule has 0 aliphatic carbocycles. The number of piperidine rings is 1. The summed E-state index contributed by atoms with van der Waals surface area (Å²) in [6.07, 6.45) is 5.32. The maximum Gasteiger partial charge on any atom is 0.247 e. The van der Waals surface area contributed by atoms with Crippen LogP contribution in [0.15, 0.2) is 61.3 Å². The average Bonchev–Trinajstić information content (AvgIpc) is 2.75. The first-order chi connectivity index (χ1) is 14.1. The lowest BCUT2D eigenvalue weighted by atomic mass is 10.0. The summed E-state index contributed by atoms with van der Waals surface area (Å²) in [6, 6.07) is 14.3. The summed E-state index contributed by atoms with van der Waals surface area (Å²) in [7, 11) is 2.15. The van der Waals surface area contributed by atoms with Gasteiger partial charge in [0.05, 0.1) is 5.52 Å². The van der Waals surface area contributed by atoms with Gasteiger partial charge in [0, 0.05) is 23.3 Å². The van der Waals surface area contributed by atoms with Crippen LogP contribution in [0.4, 0.5) is 11.6 Å². The van der Waals surface area contributed by atoms with Gasteiger partial charge < -0.3 is 15.5 Å². The van der Waals surface area contributed by atoms with E-state index in [0.717, 1.165) is 53.6 Å². The van der Waals surface area contributed by atoms with Crippen molar-refractivity contribution in [3.63, 3.8) is 0 Å². The molecule has 29 heavy (non-hydrogen) atoms. The number of anilines is 2. The van der Waals surface area contributed by atoms with E-state index in [0.29, 0.717) is 12.0 Å². The summed E-state index contributed by atoms with van der Waals surface area (Å²) < 4.78 is 0. The van der Waals surface area contributed by atoms with Crippen LogP contribution in [-0.2, 0) is 4.79 Å². The zero-order valence-corrected chi connectivity index (χ0v) is 16.6. The number of aromatic nitrogens is 2. The minimum Gasteiger partial charge on any atom is -0.351 e. The molecule has 0 saturated carbocycles. The van der Waals surface area contributed by atoms with Gasteiger partial charge in [0.15, 0.2) is 0 Å². The molecule has 3 aromatic rings. The van der Waals surface area contributed by atoms with Gasteiger partial charge in [-0.1, -0.05) is 30.8 Å². The number of hydrogen-bond donors (Lipinski definition) is 2. The average molecular weight is 387 g/mol.